The van der Waals surface area contributed by atoms with Crippen molar-refractivity contribution in [3.05, 3.63) is 47.6 Å². The number of halogens is 2. The predicted molar refractivity (Wildman–Crippen MR) is 109 cm³/mol. The molecule has 0 spiro atoms. The second kappa shape index (κ2) is 17.1. The van der Waals surface area contributed by atoms with Crippen LogP contribution in [-0.4, -0.2) is 6.69 Å². The van der Waals surface area contributed by atoms with Gasteiger partial charge in [-0.2, -0.15) is 12.2 Å². The van der Waals surface area contributed by atoms with Crippen molar-refractivity contribution in [3.8, 4) is 0 Å². The van der Waals surface area contributed by atoms with Crippen LogP contribution < -0.4 is 0 Å². The molecular weight excluding hydrogens is 430 g/mol. The van der Waals surface area contributed by atoms with Gasteiger partial charge in [0.1, 0.15) is 0 Å². The van der Waals surface area contributed by atoms with Crippen LogP contribution in [0.2, 0.25) is 13.1 Å². The van der Waals surface area contributed by atoms with E-state index in [1.165, 1.54) is 49.7 Å². The summed E-state index contributed by atoms with van der Waals surface area (Å²) in [5.41, 5.74) is 2.83. The molecule has 0 radical (unpaired) electrons. The molecule has 2 rings (SSSR count). The molecule has 0 aromatic carbocycles. The molecule has 0 aliphatic heterocycles. The van der Waals surface area contributed by atoms with E-state index >= 15 is 0 Å². The minimum Gasteiger partial charge on any atom is -0.269 e. The van der Waals surface area contributed by atoms with E-state index in [4.69, 9.17) is 22.2 Å². The van der Waals surface area contributed by atoms with Crippen molar-refractivity contribution in [3.63, 3.8) is 0 Å². The van der Waals surface area contributed by atoms with Crippen molar-refractivity contribution in [1.29, 1.82) is 0 Å². The average Bonchev–Trinajstić information content (AvgIpc) is 3.15. The van der Waals surface area contributed by atoms with Crippen molar-refractivity contribution >= 4 is 28.9 Å². The zero-order chi connectivity index (χ0) is 17.6. The molecule has 0 bridgehead atoms. The van der Waals surface area contributed by atoms with E-state index < -0.39 is 6.69 Å². The third-order valence-electron chi connectivity index (χ3n) is 3.13. The molecule has 0 amide bonds. The van der Waals surface area contributed by atoms with E-state index in [0.717, 1.165) is 12.8 Å². The number of hydrogen-bond donors (Lipinski definition) is 0. The summed E-state index contributed by atoms with van der Waals surface area (Å²) in [6.07, 6.45) is 25.1. The molecule has 0 nitrogen and oxygen atoms in total. The van der Waals surface area contributed by atoms with Crippen LogP contribution in [0.4, 0.5) is 0 Å². The van der Waals surface area contributed by atoms with Gasteiger partial charge in [0.2, 0.25) is 6.69 Å². The van der Waals surface area contributed by atoms with E-state index in [1.807, 2.05) is 13.1 Å². The summed E-state index contributed by atoms with van der Waals surface area (Å²) >= 11 is 10.9. The van der Waals surface area contributed by atoms with Gasteiger partial charge in [0.25, 0.3) is 0 Å². The van der Waals surface area contributed by atoms with Gasteiger partial charge in [-0.15, -0.1) is 35.0 Å². The Morgan fingerprint density at radius 3 is 1.42 bits per heavy atom. The molecule has 4 heteroatoms. The van der Waals surface area contributed by atoms with Crippen LogP contribution >= 0.6 is 22.2 Å². The number of rotatable bonds is 6. The van der Waals surface area contributed by atoms with Gasteiger partial charge in [-0.1, -0.05) is 52.4 Å². The Kier molecular flexibility index (Phi) is 19.1. The standard InChI is InChI=1S/2C9H13.C2H6Cl2Si.Zr/c2*1-2-3-6-9-7-4-5-8-9;1-5(2,3)4;/h2*4,7H,2-3,5-6H2,1H3;1-2H3;/q2*-1;;+2. The molecule has 0 atom stereocenters. The fourth-order valence-electron chi connectivity index (χ4n) is 1.98. The Bertz CT molecular complexity index is 378. The van der Waals surface area contributed by atoms with Gasteiger partial charge in [-0.05, 0) is 13.1 Å². The first kappa shape index (κ1) is 26.9. The molecule has 0 saturated carbocycles. The number of unbranched alkanes of at least 4 members (excludes halogenated alkanes) is 2. The molecule has 24 heavy (non-hydrogen) atoms. The minimum absolute atomic E-state index is 0. The molecule has 2 aliphatic rings. The van der Waals surface area contributed by atoms with Crippen molar-refractivity contribution < 1.29 is 26.2 Å². The molecular formula is C20H32Cl2SiZr. The Hall–Kier alpha value is 0.640. The summed E-state index contributed by atoms with van der Waals surface area (Å²) in [6.45, 7) is 6.49. The molecule has 0 fully saturated rings. The smallest absolute Gasteiger partial charge is 0.269 e. The van der Waals surface area contributed by atoms with Crippen LogP contribution in [0.1, 0.15) is 65.2 Å². The normalized spacial score (nSPS) is 14.8. The topological polar surface area (TPSA) is 0 Å². The van der Waals surface area contributed by atoms with Crippen molar-refractivity contribution in [2.24, 2.45) is 0 Å². The number of hydrogen-bond acceptors (Lipinski definition) is 0. The average molecular weight is 463 g/mol. The Morgan fingerprint density at radius 1 is 0.875 bits per heavy atom. The Balaban J connectivity index is 0. The second-order valence-electron chi connectivity index (χ2n) is 6.15. The van der Waals surface area contributed by atoms with Crippen molar-refractivity contribution in [1.82, 2.24) is 0 Å². The maximum absolute atomic E-state index is 5.43. The molecule has 0 saturated heterocycles. The summed E-state index contributed by atoms with van der Waals surface area (Å²) < 4.78 is 0. The minimum atomic E-state index is -1.67. The largest absolute Gasteiger partial charge is 2.00 e. The first-order chi connectivity index (χ1) is 10.9. The van der Waals surface area contributed by atoms with E-state index in [-0.39, 0.29) is 26.2 Å². The zero-order valence-electron chi connectivity index (χ0n) is 15.7. The van der Waals surface area contributed by atoms with Crippen LogP contribution in [0, 0.1) is 12.2 Å². The Morgan fingerprint density at radius 2 is 1.21 bits per heavy atom. The molecule has 0 aromatic rings. The van der Waals surface area contributed by atoms with Crippen LogP contribution in [0.3, 0.4) is 0 Å². The summed E-state index contributed by atoms with van der Waals surface area (Å²) in [4.78, 5) is 0. The predicted octanol–water partition coefficient (Wildman–Crippen LogP) is 7.90. The summed E-state index contributed by atoms with van der Waals surface area (Å²) in [6, 6.07) is 0. The first-order valence-corrected chi connectivity index (χ1v) is 13.8. The monoisotopic (exact) mass is 460 g/mol. The molecule has 0 N–H and O–H groups in total. The van der Waals surface area contributed by atoms with Gasteiger partial charge < -0.3 is 0 Å². The van der Waals surface area contributed by atoms with Gasteiger partial charge in [0, 0.05) is 0 Å². The summed E-state index contributed by atoms with van der Waals surface area (Å²) in [5.74, 6) is 0. The fourth-order valence-corrected chi connectivity index (χ4v) is 1.98. The van der Waals surface area contributed by atoms with Gasteiger partial charge in [-0.25, -0.2) is 23.3 Å². The third-order valence-corrected chi connectivity index (χ3v) is 3.13. The molecule has 134 valence electrons. The molecule has 2 aliphatic carbocycles. The van der Waals surface area contributed by atoms with Crippen LogP contribution in [0.15, 0.2) is 35.5 Å². The summed E-state index contributed by atoms with van der Waals surface area (Å²) in [7, 11) is 0. The van der Waals surface area contributed by atoms with Crippen LogP contribution in [-0.2, 0) is 26.2 Å². The second-order valence-corrected chi connectivity index (χ2v) is 15.1. The van der Waals surface area contributed by atoms with Crippen LogP contribution in [0.25, 0.3) is 0 Å². The first-order valence-electron chi connectivity index (χ1n) is 8.77. The van der Waals surface area contributed by atoms with Gasteiger partial charge in [0.15, 0.2) is 0 Å². The maximum atomic E-state index is 5.43. The fraction of sp³-hybridized carbons (Fsp3) is 0.600. The van der Waals surface area contributed by atoms with E-state index in [0.29, 0.717) is 0 Å². The molecule has 0 heterocycles. The van der Waals surface area contributed by atoms with Gasteiger partial charge in [0.05, 0.1) is 0 Å². The third kappa shape index (κ3) is 20.7. The number of allylic oxidation sites excluding steroid dienone is 8. The Labute approximate surface area is 180 Å². The summed E-state index contributed by atoms with van der Waals surface area (Å²) in [5, 5.41) is 0. The SMILES string of the molecule is CCCCC1=[C-]CC=C1.CCCCC1=[C-]CC=C1.C[Si](C)(Cl)Cl.[Zr+2]. The van der Waals surface area contributed by atoms with Crippen LogP contribution in [0.5, 0.6) is 0 Å². The zero-order valence-corrected chi connectivity index (χ0v) is 20.7. The van der Waals surface area contributed by atoms with E-state index in [2.05, 4.69) is 50.3 Å². The maximum Gasteiger partial charge on any atom is 2.00 e. The van der Waals surface area contributed by atoms with E-state index in [9.17, 15) is 0 Å². The van der Waals surface area contributed by atoms with E-state index in [1.54, 1.807) is 0 Å². The van der Waals surface area contributed by atoms with Gasteiger partial charge in [-0.3, -0.25) is 12.2 Å². The molecule has 0 aromatic heterocycles. The quantitative estimate of drug-likeness (QED) is 0.214. The molecule has 0 unspecified atom stereocenters. The van der Waals surface area contributed by atoms with Crippen molar-refractivity contribution in [2.75, 3.05) is 0 Å². The van der Waals surface area contributed by atoms with Crippen molar-refractivity contribution in [2.45, 2.75) is 78.3 Å². The van der Waals surface area contributed by atoms with Gasteiger partial charge >= 0.3 is 26.2 Å².